The van der Waals surface area contributed by atoms with Gasteiger partial charge >= 0.3 is 0 Å². The van der Waals surface area contributed by atoms with Gasteiger partial charge in [0.1, 0.15) is 0 Å². The second kappa shape index (κ2) is 3.99. The number of rotatable bonds is 3. The maximum absolute atomic E-state index is 5.16. The van der Waals surface area contributed by atoms with Crippen LogP contribution in [0.3, 0.4) is 0 Å². The highest BCUT2D eigenvalue weighted by atomic mass is 16.5. The molecular formula is C11H14O2. The lowest BCUT2D eigenvalue weighted by molar-refractivity contribution is 0.354. The summed E-state index contributed by atoms with van der Waals surface area (Å²) in [5.74, 6) is 1.49. The Labute approximate surface area is 78.8 Å². The molecule has 0 aliphatic rings. The lowest BCUT2D eigenvalue weighted by atomic mass is 10.1. The third-order valence-electron chi connectivity index (χ3n) is 1.99. The van der Waals surface area contributed by atoms with Crippen LogP contribution >= 0.6 is 0 Å². The Morgan fingerprint density at radius 2 is 1.69 bits per heavy atom. The molecule has 2 nitrogen and oxygen atoms in total. The van der Waals surface area contributed by atoms with Gasteiger partial charge in [0.05, 0.1) is 14.2 Å². The van der Waals surface area contributed by atoms with Gasteiger partial charge in [0.15, 0.2) is 11.5 Å². The van der Waals surface area contributed by atoms with Gasteiger partial charge < -0.3 is 9.47 Å². The van der Waals surface area contributed by atoms with Crippen molar-refractivity contribution in [3.63, 3.8) is 0 Å². The van der Waals surface area contributed by atoms with E-state index in [2.05, 4.69) is 6.58 Å². The zero-order valence-corrected chi connectivity index (χ0v) is 8.26. The molecule has 0 atom stereocenters. The van der Waals surface area contributed by atoms with E-state index >= 15 is 0 Å². The molecule has 0 spiro atoms. The van der Waals surface area contributed by atoms with E-state index in [1.54, 1.807) is 20.3 Å². The summed E-state index contributed by atoms with van der Waals surface area (Å²) in [4.78, 5) is 0. The monoisotopic (exact) mass is 178 g/mol. The summed E-state index contributed by atoms with van der Waals surface area (Å²) < 4.78 is 10.3. The number of benzene rings is 1. The number of ether oxygens (including phenoxy) is 2. The first-order valence-corrected chi connectivity index (χ1v) is 4.08. The van der Waals surface area contributed by atoms with E-state index in [1.807, 2.05) is 19.1 Å². The van der Waals surface area contributed by atoms with E-state index < -0.39 is 0 Å². The standard InChI is InChI=1S/C11H14O2/c1-5-9-7-11(13-4)10(12-3)6-8(9)2/h5-7H,1H2,2-4H3. The second-order valence-electron chi connectivity index (χ2n) is 2.77. The van der Waals surface area contributed by atoms with Gasteiger partial charge in [-0.25, -0.2) is 0 Å². The highest BCUT2D eigenvalue weighted by Crippen LogP contribution is 2.30. The predicted molar refractivity (Wildman–Crippen MR) is 54.4 cm³/mol. The molecule has 70 valence electrons. The largest absolute Gasteiger partial charge is 0.493 e. The van der Waals surface area contributed by atoms with E-state index in [4.69, 9.17) is 9.47 Å². The fourth-order valence-corrected chi connectivity index (χ4v) is 1.22. The normalized spacial score (nSPS) is 9.46. The molecule has 1 aromatic carbocycles. The molecule has 0 bridgehead atoms. The van der Waals surface area contributed by atoms with Gasteiger partial charge in [-0.2, -0.15) is 0 Å². The average Bonchev–Trinajstić information content (AvgIpc) is 2.17. The Kier molecular flexibility index (Phi) is 2.96. The summed E-state index contributed by atoms with van der Waals surface area (Å²) in [5, 5.41) is 0. The highest BCUT2D eigenvalue weighted by molar-refractivity contribution is 5.58. The van der Waals surface area contributed by atoms with E-state index in [1.165, 1.54) is 0 Å². The Balaban J connectivity index is 3.26. The van der Waals surface area contributed by atoms with Crippen molar-refractivity contribution in [1.29, 1.82) is 0 Å². The van der Waals surface area contributed by atoms with Crippen molar-refractivity contribution in [1.82, 2.24) is 0 Å². The van der Waals surface area contributed by atoms with Crippen molar-refractivity contribution >= 4 is 6.08 Å². The Morgan fingerprint density at radius 3 is 2.15 bits per heavy atom. The maximum atomic E-state index is 5.16. The van der Waals surface area contributed by atoms with E-state index in [0.717, 1.165) is 22.6 Å². The van der Waals surface area contributed by atoms with Crippen molar-refractivity contribution < 1.29 is 9.47 Å². The van der Waals surface area contributed by atoms with Gasteiger partial charge in [-0.15, -0.1) is 0 Å². The van der Waals surface area contributed by atoms with Crippen LogP contribution in [0.5, 0.6) is 11.5 Å². The topological polar surface area (TPSA) is 18.5 Å². The molecule has 0 aliphatic carbocycles. The van der Waals surface area contributed by atoms with Crippen LogP contribution < -0.4 is 9.47 Å². The predicted octanol–water partition coefficient (Wildman–Crippen LogP) is 2.66. The first-order chi connectivity index (χ1) is 6.22. The molecule has 0 saturated heterocycles. The molecule has 0 saturated carbocycles. The molecule has 1 rings (SSSR count). The van der Waals surface area contributed by atoms with E-state index in [0.29, 0.717) is 0 Å². The third-order valence-corrected chi connectivity index (χ3v) is 1.99. The maximum Gasteiger partial charge on any atom is 0.161 e. The van der Waals surface area contributed by atoms with Crippen LogP contribution in [0.2, 0.25) is 0 Å². The van der Waals surface area contributed by atoms with E-state index in [-0.39, 0.29) is 0 Å². The lowest BCUT2D eigenvalue weighted by Gasteiger charge is -2.10. The Bertz CT molecular complexity index is 316. The molecule has 0 radical (unpaired) electrons. The highest BCUT2D eigenvalue weighted by Gasteiger charge is 2.05. The minimum absolute atomic E-state index is 0.739. The molecule has 1 aromatic rings. The zero-order valence-electron chi connectivity index (χ0n) is 8.26. The molecule has 0 amide bonds. The Morgan fingerprint density at radius 1 is 1.15 bits per heavy atom. The van der Waals surface area contributed by atoms with Gasteiger partial charge in [0.2, 0.25) is 0 Å². The molecule has 0 aliphatic heterocycles. The molecule has 0 N–H and O–H groups in total. The van der Waals surface area contributed by atoms with Gasteiger partial charge in [-0.3, -0.25) is 0 Å². The van der Waals surface area contributed by atoms with Crippen LogP contribution in [-0.2, 0) is 0 Å². The average molecular weight is 178 g/mol. The van der Waals surface area contributed by atoms with Crippen LogP contribution in [0.15, 0.2) is 18.7 Å². The van der Waals surface area contributed by atoms with Crippen molar-refractivity contribution in [2.24, 2.45) is 0 Å². The van der Waals surface area contributed by atoms with Crippen molar-refractivity contribution in [3.05, 3.63) is 29.8 Å². The molecule has 0 unspecified atom stereocenters. The van der Waals surface area contributed by atoms with Gasteiger partial charge in [0.25, 0.3) is 0 Å². The fraction of sp³-hybridized carbons (Fsp3) is 0.273. The number of aryl methyl sites for hydroxylation is 1. The van der Waals surface area contributed by atoms with Crippen molar-refractivity contribution in [2.75, 3.05) is 14.2 Å². The van der Waals surface area contributed by atoms with Crippen molar-refractivity contribution in [3.8, 4) is 11.5 Å². The lowest BCUT2D eigenvalue weighted by Crippen LogP contribution is -1.92. The number of methoxy groups -OCH3 is 2. The summed E-state index contributed by atoms with van der Waals surface area (Å²) >= 11 is 0. The first kappa shape index (κ1) is 9.65. The van der Waals surface area contributed by atoms with Crippen LogP contribution in [0, 0.1) is 6.92 Å². The first-order valence-electron chi connectivity index (χ1n) is 4.08. The molecule has 2 heteroatoms. The summed E-state index contributed by atoms with van der Waals surface area (Å²) in [6, 6.07) is 3.86. The molecule has 0 aromatic heterocycles. The quantitative estimate of drug-likeness (QED) is 0.708. The van der Waals surface area contributed by atoms with E-state index in [9.17, 15) is 0 Å². The Hall–Kier alpha value is -1.44. The van der Waals surface area contributed by atoms with Crippen LogP contribution in [0.4, 0.5) is 0 Å². The molecule has 0 fully saturated rings. The number of hydrogen-bond acceptors (Lipinski definition) is 2. The minimum Gasteiger partial charge on any atom is -0.493 e. The van der Waals surface area contributed by atoms with Crippen LogP contribution in [-0.4, -0.2) is 14.2 Å². The van der Waals surface area contributed by atoms with Gasteiger partial charge in [0, 0.05) is 0 Å². The van der Waals surface area contributed by atoms with Crippen LogP contribution in [0.1, 0.15) is 11.1 Å². The summed E-state index contributed by atoms with van der Waals surface area (Å²) in [6.45, 7) is 5.74. The molecular weight excluding hydrogens is 164 g/mol. The second-order valence-corrected chi connectivity index (χ2v) is 2.77. The molecule has 0 heterocycles. The van der Waals surface area contributed by atoms with Crippen LogP contribution in [0.25, 0.3) is 6.08 Å². The van der Waals surface area contributed by atoms with Crippen molar-refractivity contribution in [2.45, 2.75) is 6.92 Å². The molecule has 13 heavy (non-hydrogen) atoms. The summed E-state index contributed by atoms with van der Waals surface area (Å²) in [5.41, 5.74) is 2.20. The van der Waals surface area contributed by atoms with Gasteiger partial charge in [-0.1, -0.05) is 12.7 Å². The van der Waals surface area contributed by atoms with Gasteiger partial charge in [-0.05, 0) is 30.2 Å². The SMILES string of the molecule is C=Cc1cc(OC)c(OC)cc1C. The summed E-state index contributed by atoms with van der Waals surface area (Å²) in [7, 11) is 3.25. The smallest absolute Gasteiger partial charge is 0.161 e. The third kappa shape index (κ3) is 1.83. The number of hydrogen-bond donors (Lipinski definition) is 0. The zero-order chi connectivity index (χ0) is 9.84. The fourth-order valence-electron chi connectivity index (χ4n) is 1.22. The minimum atomic E-state index is 0.739. The summed E-state index contributed by atoms with van der Waals surface area (Å²) in [6.07, 6.45) is 1.80.